The first-order valence-electron chi connectivity index (χ1n) is 10.1. The zero-order valence-electron chi connectivity index (χ0n) is 17.7. The van der Waals surface area contributed by atoms with Gasteiger partial charge in [0.25, 0.3) is 6.43 Å². The molecule has 0 bridgehead atoms. The van der Waals surface area contributed by atoms with Gasteiger partial charge in [-0.25, -0.2) is 27.8 Å². The van der Waals surface area contributed by atoms with Gasteiger partial charge in [0.05, 0.1) is 11.9 Å². The summed E-state index contributed by atoms with van der Waals surface area (Å²) in [6, 6.07) is 9.64. The SMILES string of the molecule is CCN1C(c2nn(Cc3ccccc3F)c3ncccc23)=NC(C(F)F)=C(OC(C)=O)C1Cl. The Morgan fingerprint density at radius 2 is 2.00 bits per heavy atom. The van der Waals surface area contributed by atoms with Crippen molar-refractivity contribution in [2.24, 2.45) is 4.99 Å². The number of likely N-dealkylation sites (N-methyl/N-ethyl adjacent to an activating group) is 1. The number of pyridine rings is 1. The minimum absolute atomic E-state index is 0.0696. The average molecular weight is 478 g/mol. The minimum Gasteiger partial charge on any atom is -0.425 e. The van der Waals surface area contributed by atoms with Gasteiger partial charge < -0.3 is 9.64 Å². The van der Waals surface area contributed by atoms with Gasteiger partial charge in [0.15, 0.2) is 28.4 Å². The number of ether oxygens (including phenoxy) is 1. The van der Waals surface area contributed by atoms with Crippen LogP contribution in [0.4, 0.5) is 13.2 Å². The zero-order chi connectivity index (χ0) is 23.7. The van der Waals surface area contributed by atoms with E-state index in [-0.39, 0.29) is 24.6 Å². The Labute approximate surface area is 192 Å². The number of aromatic nitrogens is 3. The summed E-state index contributed by atoms with van der Waals surface area (Å²) in [5, 5.41) is 5.07. The van der Waals surface area contributed by atoms with E-state index in [1.807, 2.05) is 0 Å². The van der Waals surface area contributed by atoms with Crippen molar-refractivity contribution >= 4 is 34.4 Å². The Balaban J connectivity index is 1.89. The normalized spacial score (nSPS) is 16.5. The van der Waals surface area contributed by atoms with Crippen molar-refractivity contribution in [3.05, 3.63) is 71.1 Å². The molecule has 0 N–H and O–H groups in total. The van der Waals surface area contributed by atoms with E-state index in [0.717, 1.165) is 6.92 Å². The van der Waals surface area contributed by atoms with Crippen molar-refractivity contribution in [1.82, 2.24) is 19.7 Å². The monoisotopic (exact) mass is 477 g/mol. The van der Waals surface area contributed by atoms with Gasteiger partial charge in [-0.05, 0) is 25.1 Å². The van der Waals surface area contributed by atoms with E-state index in [1.165, 1.54) is 15.6 Å². The number of nitrogens with zero attached hydrogens (tertiary/aromatic N) is 5. The predicted molar refractivity (Wildman–Crippen MR) is 116 cm³/mol. The third kappa shape index (κ3) is 4.30. The van der Waals surface area contributed by atoms with Crippen LogP contribution in [0.5, 0.6) is 0 Å². The van der Waals surface area contributed by atoms with Crippen molar-refractivity contribution in [3.8, 4) is 0 Å². The van der Waals surface area contributed by atoms with Crippen molar-refractivity contribution in [1.29, 1.82) is 0 Å². The van der Waals surface area contributed by atoms with E-state index in [9.17, 15) is 18.0 Å². The maximum atomic E-state index is 14.3. The molecule has 1 unspecified atom stereocenters. The fourth-order valence-electron chi connectivity index (χ4n) is 3.59. The Kier molecular flexibility index (Phi) is 6.37. The number of allylic oxidation sites excluding steroid dienone is 1. The molecule has 0 saturated carbocycles. The molecule has 1 aromatic carbocycles. The van der Waals surface area contributed by atoms with Crippen molar-refractivity contribution in [2.75, 3.05) is 6.54 Å². The Hall–Kier alpha value is -3.40. The maximum Gasteiger partial charge on any atom is 0.307 e. The summed E-state index contributed by atoms with van der Waals surface area (Å²) in [6.07, 6.45) is -1.49. The number of carbonyl (C=O) groups is 1. The largest absolute Gasteiger partial charge is 0.425 e. The van der Waals surface area contributed by atoms with Crippen molar-refractivity contribution in [2.45, 2.75) is 32.3 Å². The van der Waals surface area contributed by atoms with Crippen LogP contribution in [0.15, 0.2) is 59.0 Å². The summed E-state index contributed by atoms with van der Waals surface area (Å²) in [4.78, 5) is 21.4. The van der Waals surface area contributed by atoms with Crippen molar-refractivity contribution in [3.63, 3.8) is 0 Å². The Morgan fingerprint density at radius 3 is 2.67 bits per heavy atom. The second kappa shape index (κ2) is 9.22. The maximum absolute atomic E-state index is 14.3. The van der Waals surface area contributed by atoms with Gasteiger partial charge >= 0.3 is 5.97 Å². The molecular formula is C22H19ClF3N5O2. The topological polar surface area (TPSA) is 72.6 Å². The first-order chi connectivity index (χ1) is 15.8. The molecule has 7 nitrogen and oxygen atoms in total. The van der Waals surface area contributed by atoms with E-state index in [1.54, 1.807) is 43.5 Å². The number of fused-ring (bicyclic) bond motifs is 1. The molecule has 1 aliphatic rings. The van der Waals surface area contributed by atoms with Crippen LogP contribution in [0.2, 0.25) is 0 Å². The number of rotatable bonds is 6. The molecule has 172 valence electrons. The second-order valence-electron chi connectivity index (χ2n) is 7.17. The summed E-state index contributed by atoms with van der Waals surface area (Å²) >= 11 is 6.46. The lowest BCUT2D eigenvalue weighted by Gasteiger charge is -2.33. The van der Waals surface area contributed by atoms with Crippen molar-refractivity contribution < 1.29 is 22.7 Å². The predicted octanol–water partition coefficient (Wildman–Crippen LogP) is 4.31. The average Bonchev–Trinajstić information content (AvgIpc) is 3.14. The third-order valence-corrected chi connectivity index (χ3v) is 5.47. The molecule has 3 heterocycles. The number of esters is 1. The molecule has 0 aliphatic carbocycles. The molecule has 4 rings (SSSR count). The van der Waals surface area contributed by atoms with E-state index in [0.29, 0.717) is 16.6 Å². The Morgan fingerprint density at radius 1 is 1.24 bits per heavy atom. The number of halogens is 4. The van der Waals surface area contributed by atoms with Crippen LogP contribution in [0.1, 0.15) is 25.1 Å². The summed E-state index contributed by atoms with van der Waals surface area (Å²) in [5.74, 6) is -1.53. The van der Waals surface area contributed by atoms with E-state index < -0.39 is 35.2 Å². The number of amidine groups is 1. The molecule has 0 saturated heterocycles. The first kappa shape index (κ1) is 22.8. The quantitative estimate of drug-likeness (QED) is 0.300. The lowest BCUT2D eigenvalue weighted by atomic mass is 10.2. The van der Waals surface area contributed by atoms with Gasteiger partial charge in [-0.15, -0.1) is 0 Å². The molecular weight excluding hydrogens is 459 g/mol. The fourth-order valence-corrected chi connectivity index (χ4v) is 3.98. The highest BCUT2D eigenvalue weighted by atomic mass is 35.5. The van der Waals surface area contributed by atoms with Crippen LogP contribution in [0, 0.1) is 5.82 Å². The third-order valence-electron chi connectivity index (χ3n) is 5.04. The van der Waals surface area contributed by atoms with Crippen LogP contribution < -0.4 is 0 Å². The molecule has 0 amide bonds. The fraction of sp³-hybridized carbons (Fsp3) is 0.273. The number of hydrogen-bond donors (Lipinski definition) is 0. The van der Waals surface area contributed by atoms with Gasteiger partial charge in [0, 0.05) is 25.2 Å². The van der Waals surface area contributed by atoms with Crippen LogP contribution in [0.3, 0.4) is 0 Å². The highest BCUT2D eigenvalue weighted by molar-refractivity contribution is 6.24. The molecule has 0 fully saturated rings. The first-order valence-corrected chi connectivity index (χ1v) is 10.5. The molecule has 1 atom stereocenters. The summed E-state index contributed by atoms with van der Waals surface area (Å²) < 4.78 is 48.4. The van der Waals surface area contributed by atoms with Gasteiger partial charge in [0.2, 0.25) is 0 Å². The second-order valence-corrected chi connectivity index (χ2v) is 7.59. The van der Waals surface area contributed by atoms with Crippen LogP contribution in [-0.2, 0) is 16.1 Å². The summed E-state index contributed by atoms with van der Waals surface area (Å²) in [6.45, 7) is 3.18. The molecule has 2 aromatic heterocycles. The molecule has 0 radical (unpaired) electrons. The standard InChI is InChI=1S/C22H19ClF3N5O2/c1-3-30-19(23)18(33-12(2)32)17(20(25)26)28-22(30)16-14-8-6-10-27-21(14)31(29-16)11-13-7-4-5-9-15(13)24/h4-10,19-20H,3,11H2,1-2H3. The number of hydrogen-bond acceptors (Lipinski definition) is 6. The number of benzene rings is 1. The highest BCUT2D eigenvalue weighted by Crippen LogP contribution is 2.33. The van der Waals surface area contributed by atoms with Gasteiger partial charge in [-0.1, -0.05) is 29.8 Å². The zero-order valence-corrected chi connectivity index (χ0v) is 18.4. The highest BCUT2D eigenvalue weighted by Gasteiger charge is 2.37. The number of aliphatic imine (C=N–C) groups is 1. The molecule has 11 heteroatoms. The van der Waals surface area contributed by atoms with E-state index >= 15 is 0 Å². The van der Waals surface area contributed by atoms with E-state index in [4.69, 9.17) is 16.3 Å². The molecule has 3 aromatic rings. The number of carbonyl (C=O) groups excluding carboxylic acids is 1. The van der Waals surface area contributed by atoms with E-state index in [2.05, 4.69) is 15.1 Å². The minimum atomic E-state index is -3.04. The summed E-state index contributed by atoms with van der Waals surface area (Å²) in [5.41, 5.74) is -0.891. The molecule has 1 aliphatic heterocycles. The van der Waals surface area contributed by atoms with Gasteiger partial charge in [0.1, 0.15) is 11.5 Å². The molecule has 0 spiro atoms. The Bertz CT molecular complexity index is 1270. The lowest BCUT2D eigenvalue weighted by molar-refractivity contribution is -0.137. The van der Waals surface area contributed by atoms with Crippen LogP contribution in [-0.4, -0.2) is 49.9 Å². The number of alkyl halides is 3. The van der Waals surface area contributed by atoms with Gasteiger partial charge in [-0.3, -0.25) is 4.79 Å². The summed E-state index contributed by atoms with van der Waals surface area (Å²) in [7, 11) is 0. The lowest BCUT2D eigenvalue weighted by Crippen LogP contribution is -2.43. The molecule has 33 heavy (non-hydrogen) atoms. The van der Waals surface area contributed by atoms with Crippen LogP contribution in [0.25, 0.3) is 11.0 Å². The van der Waals surface area contributed by atoms with Crippen LogP contribution >= 0.6 is 11.6 Å². The van der Waals surface area contributed by atoms with Gasteiger partial charge in [-0.2, -0.15) is 5.10 Å². The smallest absolute Gasteiger partial charge is 0.307 e.